The number of piperidine rings is 1. The zero-order valence-electron chi connectivity index (χ0n) is 11.5. The lowest BCUT2D eigenvalue weighted by Crippen LogP contribution is -2.55. The first-order chi connectivity index (χ1) is 9.26. The maximum atomic E-state index is 6.10. The molecule has 0 amide bonds. The second-order valence-electron chi connectivity index (χ2n) is 5.45. The lowest BCUT2D eigenvalue weighted by Gasteiger charge is -2.44. The third-order valence-electron chi connectivity index (χ3n) is 4.21. The summed E-state index contributed by atoms with van der Waals surface area (Å²) in [6, 6.07) is 2.60. The van der Waals surface area contributed by atoms with Crippen molar-refractivity contribution in [3.05, 3.63) is 17.0 Å². The SMILES string of the molecule is CCc1nc(Cl)cc(N2CCN3CCCCC3C2)n1. The molecule has 0 aliphatic carbocycles. The van der Waals surface area contributed by atoms with Crippen molar-refractivity contribution in [2.24, 2.45) is 0 Å². The van der Waals surface area contributed by atoms with Crippen molar-refractivity contribution in [1.29, 1.82) is 0 Å². The monoisotopic (exact) mass is 280 g/mol. The van der Waals surface area contributed by atoms with Crippen molar-refractivity contribution < 1.29 is 0 Å². The van der Waals surface area contributed by atoms with Gasteiger partial charge in [-0.05, 0) is 19.4 Å². The molecule has 0 bridgehead atoms. The Hall–Kier alpha value is -0.870. The predicted molar refractivity (Wildman–Crippen MR) is 77.8 cm³/mol. The number of hydrogen-bond donors (Lipinski definition) is 0. The van der Waals surface area contributed by atoms with Crippen LogP contribution < -0.4 is 4.90 Å². The molecule has 3 heterocycles. The fourth-order valence-corrected chi connectivity index (χ4v) is 3.33. The van der Waals surface area contributed by atoms with E-state index in [4.69, 9.17) is 11.6 Å². The van der Waals surface area contributed by atoms with Crippen LogP contribution in [-0.4, -0.2) is 47.1 Å². The molecule has 0 aromatic carbocycles. The number of anilines is 1. The van der Waals surface area contributed by atoms with Crippen molar-refractivity contribution in [2.75, 3.05) is 31.1 Å². The lowest BCUT2D eigenvalue weighted by atomic mass is 9.99. The molecule has 0 N–H and O–H groups in total. The van der Waals surface area contributed by atoms with Crippen LogP contribution in [-0.2, 0) is 6.42 Å². The minimum Gasteiger partial charge on any atom is -0.354 e. The topological polar surface area (TPSA) is 32.3 Å². The van der Waals surface area contributed by atoms with Crippen LogP contribution in [0.4, 0.5) is 5.82 Å². The Morgan fingerprint density at radius 1 is 1.26 bits per heavy atom. The van der Waals surface area contributed by atoms with Gasteiger partial charge in [0.2, 0.25) is 0 Å². The highest BCUT2D eigenvalue weighted by molar-refractivity contribution is 6.29. The van der Waals surface area contributed by atoms with Crippen LogP contribution >= 0.6 is 11.6 Å². The Labute approximate surface area is 119 Å². The normalized spacial score (nSPS) is 24.3. The molecule has 19 heavy (non-hydrogen) atoms. The van der Waals surface area contributed by atoms with Crippen molar-refractivity contribution in [3.8, 4) is 0 Å². The van der Waals surface area contributed by atoms with Crippen LogP contribution in [0, 0.1) is 0 Å². The first kappa shape index (κ1) is 13.1. The van der Waals surface area contributed by atoms with E-state index in [0.29, 0.717) is 11.2 Å². The van der Waals surface area contributed by atoms with Gasteiger partial charge in [-0.25, -0.2) is 9.97 Å². The summed E-state index contributed by atoms with van der Waals surface area (Å²) in [7, 11) is 0. The van der Waals surface area contributed by atoms with Gasteiger partial charge in [0.15, 0.2) is 0 Å². The summed E-state index contributed by atoms with van der Waals surface area (Å²) < 4.78 is 0. The molecule has 1 aromatic heterocycles. The van der Waals surface area contributed by atoms with Gasteiger partial charge in [0, 0.05) is 38.2 Å². The van der Waals surface area contributed by atoms with Gasteiger partial charge in [-0.3, -0.25) is 4.90 Å². The van der Waals surface area contributed by atoms with Crippen LogP contribution in [0.5, 0.6) is 0 Å². The van der Waals surface area contributed by atoms with E-state index >= 15 is 0 Å². The molecule has 1 aromatic rings. The van der Waals surface area contributed by atoms with Gasteiger partial charge in [-0.2, -0.15) is 0 Å². The molecule has 0 saturated carbocycles. The molecule has 0 radical (unpaired) electrons. The van der Waals surface area contributed by atoms with Crippen molar-refractivity contribution in [2.45, 2.75) is 38.6 Å². The molecule has 1 atom stereocenters. The fourth-order valence-electron chi connectivity index (χ4n) is 3.14. The zero-order valence-corrected chi connectivity index (χ0v) is 12.2. The van der Waals surface area contributed by atoms with E-state index in [2.05, 4.69) is 26.7 Å². The van der Waals surface area contributed by atoms with Crippen LogP contribution in [0.1, 0.15) is 32.0 Å². The van der Waals surface area contributed by atoms with Gasteiger partial charge in [0.25, 0.3) is 0 Å². The number of rotatable bonds is 2. The maximum absolute atomic E-state index is 6.10. The lowest BCUT2D eigenvalue weighted by molar-refractivity contribution is 0.133. The average molecular weight is 281 g/mol. The van der Waals surface area contributed by atoms with E-state index in [1.54, 1.807) is 0 Å². The fraction of sp³-hybridized carbons (Fsp3) is 0.714. The number of hydrogen-bond acceptors (Lipinski definition) is 4. The number of aryl methyl sites for hydroxylation is 1. The average Bonchev–Trinajstić information content (AvgIpc) is 2.46. The van der Waals surface area contributed by atoms with E-state index < -0.39 is 0 Å². The number of nitrogens with zero attached hydrogens (tertiary/aromatic N) is 4. The minimum atomic E-state index is 0.563. The zero-order chi connectivity index (χ0) is 13.2. The smallest absolute Gasteiger partial charge is 0.134 e. The van der Waals surface area contributed by atoms with E-state index in [-0.39, 0.29) is 0 Å². The summed E-state index contributed by atoms with van der Waals surface area (Å²) in [6.07, 6.45) is 4.86. The summed E-state index contributed by atoms with van der Waals surface area (Å²) in [4.78, 5) is 13.9. The van der Waals surface area contributed by atoms with Crippen LogP contribution in [0.25, 0.3) is 0 Å². The van der Waals surface area contributed by atoms with E-state index in [1.165, 1.54) is 25.8 Å². The quantitative estimate of drug-likeness (QED) is 0.779. The maximum Gasteiger partial charge on any atom is 0.134 e. The molecule has 5 heteroatoms. The molecule has 2 aliphatic heterocycles. The van der Waals surface area contributed by atoms with Crippen LogP contribution in [0.2, 0.25) is 5.15 Å². The van der Waals surface area contributed by atoms with Gasteiger partial charge in [0.05, 0.1) is 0 Å². The largest absolute Gasteiger partial charge is 0.354 e. The summed E-state index contributed by atoms with van der Waals surface area (Å²) in [5.41, 5.74) is 0. The number of fused-ring (bicyclic) bond motifs is 1. The van der Waals surface area contributed by atoms with Crippen molar-refractivity contribution in [1.82, 2.24) is 14.9 Å². The second-order valence-corrected chi connectivity index (χ2v) is 5.84. The number of piperazine rings is 1. The molecular weight excluding hydrogens is 260 g/mol. The Bertz CT molecular complexity index is 451. The molecule has 2 saturated heterocycles. The Morgan fingerprint density at radius 3 is 3.00 bits per heavy atom. The van der Waals surface area contributed by atoms with Crippen molar-refractivity contribution in [3.63, 3.8) is 0 Å². The third kappa shape index (κ3) is 2.84. The van der Waals surface area contributed by atoms with Gasteiger partial charge in [-0.15, -0.1) is 0 Å². The van der Waals surface area contributed by atoms with Gasteiger partial charge >= 0.3 is 0 Å². The second kappa shape index (κ2) is 5.63. The number of halogens is 1. The standard InChI is InChI=1S/C14H21ClN4/c1-2-13-16-12(15)9-14(17-13)19-8-7-18-6-4-3-5-11(18)10-19/h9,11H,2-8,10H2,1H3. The minimum absolute atomic E-state index is 0.563. The highest BCUT2D eigenvalue weighted by Crippen LogP contribution is 2.25. The molecule has 2 fully saturated rings. The van der Waals surface area contributed by atoms with Gasteiger partial charge < -0.3 is 4.90 Å². The number of aromatic nitrogens is 2. The Kier molecular flexibility index (Phi) is 3.89. The highest BCUT2D eigenvalue weighted by Gasteiger charge is 2.29. The summed E-state index contributed by atoms with van der Waals surface area (Å²) in [5, 5.41) is 0.563. The summed E-state index contributed by atoms with van der Waals surface area (Å²) in [5.74, 6) is 1.84. The van der Waals surface area contributed by atoms with Gasteiger partial charge in [0.1, 0.15) is 16.8 Å². The van der Waals surface area contributed by atoms with Crippen LogP contribution in [0.15, 0.2) is 6.07 Å². The van der Waals surface area contributed by atoms with E-state index in [0.717, 1.165) is 37.7 Å². The molecular formula is C14H21ClN4. The van der Waals surface area contributed by atoms with Crippen molar-refractivity contribution >= 4 is 17.4 Å². The molecule has 104 valence electrons. The van der Waals surface area contributed by atoms with E-state index in [1.807, 2.05) is 6.07 Å². The van der Waals surface area contributed by atoms with Crippen LogP contribution in [0.3, 0.4) is 0 Å². The first-order valence-electron chi connectivity index (χ1n) is 7.28. The predicted octanol–water partition coefficient (Wildman–Crippen LogP) is 2.37. The summed E-state index contributed by atoms with van der Waals surface area (Å²) >= 11 is 6.10. The Morgan fingerprint density at radius 2 is 2.16 bits per heavy atom. The highest BCUT2D eigenvalue weighted by atomic mass is 35.5. The Balaban J connectivity index is 1.77. The molecule has 4 nitrogen and oxygen atoms in total. The molecule has 2 aliphatic rings. The van der Waals surface area contributed by atoms with Gasteiger partial charge in [-0.1, -0.05) is 24.9 Å². The molecule has 3 rings (SSSR count). The summed E-state index contributed by atoms with van der Waals surface area (Å²) in [6.45, 7) is 6.61. The third-order valence-corrected chi connectivity index (χ3v) is 4.40. The molecule has 1 unspecified atom stereocenters. The molecule has 0 spiro atoms. The van der Waals surface area contributed by atoms with E-state index in [9.17, 15) is 0 Å². The first-order valence-corrected chi connectivity index (χ1v) is 7.66.